The first-order chi connectivity index (χ1) is 31.3. The molecule has 10 aromatic carbocycles. The van der Waals surface area contributed by atoms with E-state index in [9.17, 15) is 0 Å². The maximum Gasteiger partial charge on any atom is 0.136 e. The third-order valence-electron chi connectivity index (χ3n) is 13.0. The van der Waals surface area contributed by atoms with Crippen molar-refractivity contribution in [3.8, 4) is 44.5 Å². The zero-order chi connectivity index (χ0) is 41.7. The molecule has 0 saturated carbocycles. The Hall–Kier alpha value is -8.20. The van der Waals surface area contributed by atoms with Gasteiger partial charge in [-0.25, -0.2) is 0 Å². The van der Waals surface area contributed by atoms with Crippen LogP contribution in [-0.4, -0.2) is 0 Å². The third-order valence-corrected chi connectivity index (χ3v) is 13.0. The molecule has 0 N–H and O–H groups in total. The number of hydrogen-bond acceptors (Lipinski definition) is 2. The fraction of sp³-hybridized carbons (Fsp3) is 0.0164. The fourth-order valence-electron chi connectivity index (χ4n) is 10.3. The molecule has 0 aliphatic heterocycles. The molecule has 0 radical (unpaired) electrons. The van der Waals surface area contributed by atoms with Crippen LogP contribution in [0, 0.1) is 0 Å². The van der Waals surface area contributed by atoms with E-state index >= 15 is 0 Å². The van der Waals surface area contributed by atoms with Crippen molar-refractivity contribution < 1.29 is 4.42 Å². The summed E-state index contributed by atoms with van der Waals surface area (Å²) in [6.07, 6.45) is 0. The Morgan fingerprint density at radius 2 is 0.810 bits per heavy atom. The molecule has 2 nitrogen and oxygen atoms in total. The molecule has 0 saturated heterocycles. The average Bonchev–Trinajstić information content (AvgIpc) is 3.90. The Balaban J connectivity index is 1.10. The molecule has 296 valence electrons. The summed E-state index contributed by atoms with van der Waals surface area (Å²) in [7, 11) is 0. The molecule has 63 heavy (non-hydrogen) atoms. The Bertz CT molecular complexity index is 3380. The molecule has 0 spiro atoms. The van der Waals surface area contributed by atoms with Crippen LogP contribution in [0.2, 0.25) is 0 Å². The van der Waals surface area contributed by atoms with Crippen molar-refractivity contribution in [3.63, 3.8) is 0 Å². The molecule has 0 unspecified atom stereocenters. The maximum absolute atomic E-state index is 6.32. The van der Waals surface area contributed by atoms with Gasteiger partial charge in [0.25, 0.3) is 0 Å². The number of para-hydroxylation sites is 2. The second kappa shape index (κ2) is 15.1. The van der Waals surface area contributed by atoms with Gasteiger partial charge in [-0.2, -0.15) is 0 Å². The van der Waals surface area contributed by atoms with E-state index in [0.717, 1.165) is 61.3 Å². The molecule has 2 heteroatoms. The number of benzene rings is 10. The molecule has 0 atom stereocenters. The summed E-state index contributed by atoms with van der Waals surface area (Å²) in [6.45, 7) is 0. The van der Waals surface area contributed by atoms with Crippen LogP contribution in [0.1, 0.15) is 22.3 Å². The molecule has 1 heterocycles. The number of anilines is 3. The van der Waals surface area contributed by atoms with E-state index in [-0.39, 0.29) is 0 Å². The van der Waals surface area contributed by atoms with Crippen LogP contribution in [-0.2, 0) is 5.41 Å². The van der Waals surface area contributed by atoms with E-state index in [1.165, 1.54) is 44.5 Å². The molecular formula is C61H41NO. The number of hydrogen-bond donors (Lipinski definition) is 0. The predicted molar refractivity (Wildman–Crippen MR) is 262 cm³/mol. The normalized spacial score (nSPS) is 12.6. The zero-order valence-electron chi connectivity index (χ0n) is 34.5. The number of furan rings is 1. The van der Waals surface area contributed by atoms with E-state index in [4.69, 9.17) is 4.42 Å². The average molecular weight is 804 g/mol. The molecule has 0 bridgehead atoms. The Morgan fingerprint density at radius 1 is 0.317 bits per heavy atom. The van der Waals surface area contributed by atoms with Gasteiger partial charge in [-0.3, -0.25) is 0 Å². The van der Waals surface area contributed by atoms with Gasteiger partial charge in [0.2, 0.25) is 0 Å². The molecule has 0 fully saturated rings. The molecule has 1 aromatic heterocycles. The van der Waals surface area contributed by atoms with Gasteiger partial charge in [-0.05, 0) is 92.0 Å². The van der Waals surface area contributed by atoms with Gasteiger partial charge in [0.1, 0.15) is 11.2 Å². The van der Waals surface area contributed by atoms with Crippen LogP contribution in [0.15, 0.2) is 253 Å². The summed E-state index contributed by atoms with van der Waals surface area (Å²) in [4.78, 5) is 2.49. The lowest BCUT2D eigenvalue weighted by atomic mass is 9.68. The first kappa shape index (κ1) is 36.6. The van der Waals surface area contributed by atoms with Crippen molar-refractivity contribution in [1.29, 1.82) is 0 Å². The SMILES string of the molecule is c1ccc(-c2ccc(-c3ccccc3N(c3ccc(-c4cccc5oc6ccccc6c45)cc3)c3cccc4c3-c3ccccc3C4(c3ccccc3)c3ccccc3)cc2)cc1. The van der Waals surface area contributed by atoms with Crippen molar-refractivity contribution in [2.45, 2.75) is 5.41 Å². The van der Waals surface area contributed by atoms with Crippen molar-refractivity contribution in [2.24, 2.45) is 0 Å². The lowest BCUT2D eigenvalue weighted by Crippen LogP contribution is -2.28. The standard InChI is InChI=1S/C61H41NO/c1-4-18-42(19-5-1)43-34-36-44(37-35-43)49-24-11-14-30-55(49)62(48-40-38-45(39-41-48)50-27-16-33-58-59(50)52-26-12-15-32-57(52)63-58)56-31-17-29-54-60(56)51-25-10-13-28-53(51)61(54,46-20-6-2-7-21-46)47-22-8-3-9-23-47/h1-41H. The van der Waals surface area contributed by atoms with Crippen LogP contribution >= 0.6 is 0 Å². The number of nitrogens with zero attached hydrogens (tertiary/aromatic N) is 1. The summed E-state index contributed by atoms with van der Waals surface area (Å²) in [5, 5.41) is 2.26. The Labute approximate surface area is 367 Å². The molecule has 11 aromatic rings. The van der Waals surface area contributed by atoms with Crippen LogP contribution in [0.5, 0.6) is 0 Å². The minimum Gasteiger partial charge on any atom is -0.456 e. The van der Waals surface area contributed by atoms with Gasteiger partial charge < -0.3 is 9.32 Å². The lowest BCUT2D eigenvalue weighted by molar-refractivity contribution is 0.669. The van der Waals surface area contributed by atoms with Gasteiger partial charge in [0.15, 0.2) is 0 Å². The fourth-order valence-corrected chi connectivity index (χ4v) is 10.3. The third kappa shape index (κ3) is 5.87. The largest absolute Gasteiger partial charge is 0.456 e. The van der Waals surface area contributed by atoms with Crippen LogP contribution in [0.4, 0.5) is 17.1 Å². The summed E-state index contributed by atoms with van der Waals surface area (Å²) in [6, 6.07) is 90.3. The second-order valence-electron chi connectivity index (χ2n) is 16.3. The van der Waals surface area contributed by atoms with E-state index in [0.29, 0.717) is 0 Å². The first-order valence-corrected chi connectivity index (χ1v) is 21.7. The first-order valence-electron chi connectivity index (χ1n) is 21.7. The highest BCUT2D eigenvalue weighted by Crippen LogP contribution is 2.60. The molecule has 1 aliphatic rings. The molecular weight excluding hydrogens is 763 g/mol. The van der Waals surface area contributed by atoms with Crippen LogP contribution in [0.3, 0.4) is 0 Å². The highest BCUT2D eigenvalue weighted by molar-refractivity contribution is 6.12. The second-order valence-corrected chi connectivity index (χ2v) is 16.3. The molecule has 0 amide bonds. The minimum absolute atomic E-state index is 0.529. The Morgan fingerprint density at radius 3 is 1.56 bits per heavy atom. The van der Waals surface area contributed by atoms with Crippen LogP contribution < -0.4 is 4.90 Å². The predicted octanol–water partition coefficient (Wildman–Crippen LogP) is 16.4. The summed E-state index contributed by atoms with van der Waals surface area (Å²) in [5.74, 6) is 0. The van der Waals surface area contributed by atoms with Gasteiger partial charge in [0, 0.05) is 27.6 Å². The van der Waals surface area contributed by atoms with Gasteiger partial charge in [-0.1, -0.05) is 212 Å². The van der Waals surface area contributed by atoms with Crippen LogP contribution in [0.25, 0.3) is 66.4 Å². The Kier molecular flexibility index (Phi) is 8.76. The van der Waals surface area contributed by atoms with Gasteiger partial charge in [-0.15, -0.1) is 0 Å². The number of rotatable bonds is 8. The highest BCUT2D eigenvalue weighted by atomic mass is 16.3. The maximum atomic E-state index is 6.32. The smallest absolute Gasteiger partial charge is 0.136 e. The van der Waals surface area contributed by atoms with E-state index in [1.54, 1.807) is 0 Å². The minimum atomic E-state index is -0.529. The summed E-state index contributed by atoms with van der Waals surface area (Å²) >= 11 is 0. The molecule has 1 aliphatic carbocycles. The van der Waals surface area contributed by atoms with E-state index < -0.39 is 5.41 Å². The monoisotopic (exact) mass is 803 g/mol. The van der Waals surface area contributed by atoms with Crippen molar-refractivity contribution in [2.75, 3.05) is 4.90 Å². The quantitative estimate of drug-likeness (QED) is 0.152. The van der Waals surface area contributed by atoms with Gasteiger partial charge in [0.05, 0.1) is 16.8 Å². The zero-order valence-corrected chi connectivity index (χ0v) is 34.5. The van der Waals surface area contributed by atoms with Crippen molar-refractivity contribution >= 4 is 39.0 Å². The lowest BCUT2D eigenvalue weighted by Gasteiger charge is -2.34. The topological polar surface area (TPSA) is 16.4 Å². The molecule has 12 rings (SSSR count). The summed E-state index contributed by atoms with van der Waals surface area (Å²) < 4.78 is 6.32. The van der Waals surface area contributed by atoms with Gasteiger partial charge >= 0.3 is 0 Å². The van der Waals surface area contributed by atoms with Crippen molar-refractivity contribution in [1.82, 2.24) is 0 Å². The number of fused-ring (bicyclic) bond motifs is 6. The van der Waals surface area contributed by atoms with E-state index in [2.05, 4.69) is 241 Å². The summed E-state index contributed by atoms with van der Waals surface area (Å²) in [5.41, 5.74) is 19.1. The van der Waals surface area contributed by atoms with E-state index in [1.807, 2.05) is 12.1 Å². The van der Waals surface area contributed by atoms with Crippen molar-refractivity contribution in [3.05, 3.63) is 271 Å². The highest BCUT2D eigenvalue weighted by Gasteiger charge is 2.47.